The molecule has 21 heavy (non-hydrogen) atoms. The second-order valence-corrected chi connectivity index (χ2v) is 5.63. The Balaban J connectivity index is 1.88. The highest BCUT2D eigenvalue weighted by molar-refractivity contribution is 6.35. The summed E-state index contributed by atoms with van der Waals surface area (Å²) in [6.07, 6.45) is 1.04. The van der Waals surface area contributed by atoms with Crippen LogP contribution >= 0.6 is 23.2 Å². The molecule has 0 aliphatic rings. The fourth-order valence-corrected chi connectivity index (χ4v) is 2.43. The van der Waals surface area contributed by atoms with Gasteiger partial charge in [-0.3, -0.25) is 0 Å². The summed E-state index contributed by atoms with van der Waals surface area (Å²) in [6, 6.07) is 13.7. The highest BCUT2D eigenvalue weighted by Crippen LogP contribution is 2.28. The monoisotopic (exact) mass is 323 g/mol. The van der Waals surface area contributed by atoms with E-state index in [0.29, 0.717) is 22.4 Å². The first-order valence-corrected chi connectivity index (χ1v) is 7.81. The number of hydrogen-bond acceptors (Lipinski definition) is 2. The van der Waals surface area contributed by atoms with Crippen LogP contribution in [0.5, 0.6) is 5.75 Å². The van der Waals surface area contributed by atoms with Gasteiger partial charge >= 0.3 is 0 Å². The van der Waals surface area contributed by atoms with Gasteiger partial charge in [-0.2, -0.15) is 0 Å². The molecule has 4 heteroatoms. The molecule has 2 aromatic carbocycles. The first kappa shape index (κ1) is 16.2. The predicted octanol–water partition coefficient (Wildman–Crippen LogP) is 4.72. The number of rotatable bonds is 7. The lowest BCUT2D eigenvalue weighted by atomic mass is 10.1. The molecule has 2 rings (SSSR count). The number of hydrogen-bond donors (Lipinski definition) is 1. The summed E-state index contributed by atoms with van der Waals surface area (Å²) >= 11 is 11.9. The molecule has 0 spiro atoms. The van der Waals surface area contributed by atoms with E-state index in [-0.39, 0.29) is 0 Å². The molecule has 112 valence electrons. The van der Waals surface area contributed by atoms with E-state index in [4.69, 9.17) is 27.9 Å². The highest BCUT2D eigenvalue weighted by atomic mass is 35.5. The molecule has 0 atom stereocenters. The molecule has 0 amide bonds. The van der Waals surface area contributed by atoms with Gasteiger partial charge in [0.2, 0.25) is 0 Å². The van der Waals surface area contributed by atoms with E-state index in [0.717, 1.165) is 25.1 Å². The molecule has 2 nitrogen and oxygen atoms in total. The maximum atomic E-state index is 6.08. The van der Waals surface area contributed by atoms with Gasteiger partial charge in [-0.25, -0.2) is 0 Å². The van der Waals surface area contributed by atoms with Crippen molar-refractivity contribution >= 4 is 23.2 Å². The van der Waals surface area contributed by atoms with E-state index in [2.05, 4.69) is 36.5 Å². The van der Waals surface area contributed by atoms with Crippen LogP contribution in [-0.4, -0.2) is 13.1 Å². The van der Waals surface area contributed by atoms with Gasteiger partial charge in [0.1, 0.15) is 12.4 Å². The Morgan fingerprint density at radius 1 is 1.00 bits per heavy atom. The molecule has 0 radical (unpaired) electrons. The summed E-state index contributed by atoms with van der Waals surface area (Å²) in [7, 11) is 0. The molecule has 0 aliphatic carbocycles. The summed E-state index contributed by atoms with van der Waals surface area (Å²) < 4.78 is 5.71. The Morgan fingerprint density at radius 3 is 2.38 bits per heavy atom. The first-order valence-electron chi connectivity index (χ1n) is 7.05. The SMILES string of the molecule is CCNCCc1ccc(COc2ccc(Cl)cc2Cl)cc1. The predicted molar refractivity (Wildman–Crippen MR) is 89.5 cm³/mol. The molecule has 0 saturated carbocycles. The Morgan fingerprint density at radius 2 is 1.71 bits per heavy atom. The lowest BCUT2D eigenvalue weighted by molar-refractivity contribution is 0.306. The molecule has 0 saturated heterocycles. The molecule has 0 fully saturated rings. The average molecular weight is 324 g/mol. The molecule has 0 aliphatic heterocycles. The van der Waals surface area contributed by atoms with Crippen LogP contribution < -0.4 is 10.1 Å². The molecular formula is C17H19Cl2NO. The van der Waals surface area contributed by atoms with Gasteiger partial charge in [0, 0.05) is 5.02 Å². The summed E-state index contributed by atoms with van der Waals surface area (Å²) in [5.74, 6) is 0.650. The maximum absolute atomic E-state index is 6.08. The average Bonchev–Trinajstić information content (AvgIpc) is 2.48. The Labute approximate surface area is 136 Å². The van der Waals surface area contributed by atoms with Crippen LogP contribution in [0.4, 0.5) is 0 Å². The minimum atomic E-state index is 0.495. The molecule has 0 heterocycles. The highest BCUT2D eigenvalue weighted by Gasteiger charge is 2.03. The van der Waals surface area contributed by atoms with E-state index in [9.17, 15) is 0 Å². The van der Waals surface area contributed by atoms with E-state index < -0.39 is 0 Å². The van der Waals surface area contributed by atoms with Gasteiger partial charge in [-0.15, -0.1) is 0 Å². The second-order valence-electron chi connectivity index (χ2n) is 4.78. The second kappa shape index (κ2) is 8.28. The Bertz CT molecular complexity index is 570. The summed E-state index contributed by atoms with van der Waals surface area (Å²) in [6.45, 7) is 4.62. The summed E-state index contributed by atoms with van der Waals surface area (Å²) in [4.78, 5) is 0. The van der Waals surface area contributed by atoms with Crippen molar-refractivity contribution in [3.63, 3.8) is 0 Å². The van der Waals surface area contributed by atoms with Crippen molar-refractivity contribution in [3.8, 4) is 5.75 Å². The lowest BCUT2D eigenvalue weighted by Crippen LogP contribution is -2.15. The zero-order valence-corrected chi connectivity index (χ0v) is 13.5. The fraction of sp³-hybridized carbons (Fsp3) is 0.294. The molecule has 1 N–H and O–H groups in total. The molecule has 0 bridgehead atoms. The quantitative estimate of drug-likeness (QED) is 0.744. The van der Waals surface area contributed by atoms with Crippen molar-refractivity contribution in [3.05, 3.63) is 63.6 Å². The summed E-state index contributed by atoms with van der Waals surface area (Å²) in [5.41, 5.74) is 2.44. The van der Waals surface area contributed by atoms with E-state index in [1.807, 2.05) is 0 Å². The maximum Gasteiger partial charge on any atom is 0.138 e. The van der Waals surface area contributed by atoms with E-state index in [1.165, 1.54) is 5.56 Å². The Kier molecular flexibility index (Phi) is 6.37. The van der Waals surface area contributed by atoms with Crippen molar-refractivity contribution in [2.45, 2.75) is 20.0 Å². The van der Waals surface area contributed by atoms with Gasteiger partial charge in [0.05, 0.1) is 5.02 Å². The largest absolute Gasteiger partial charge is 0.487 e. The van der Waals surface area contributed by atoms with E-state index >= 15 is 0 Å². The third kappa shape index (κ3) is 5.24. The smallest absolute Gasteiger partial charge is 0.138 e. The lowest BCUT2D eigenvalue weighted by Gasteiger charge is -2.09. The van der Waals surface area contributed by atoms with Crippen LogP contribution in [0.1, 0.15) is 18.1 Å². The third-order valence-corrected chi connectivity index (χ3v) is 3.68. The van der Waals surface area contributed by atoms with Crippen LogP contribution in [0.2, 0.25) is 10.0 Å². The van der Waals surface area contributed by atoms with Crippen molar-refractivity contribution in [1.82, 2.24) is 5.32 Å². The standard InChI is InChI=1S/C17H19Cl2NO/c1-2-20-10-9-13-3-5-14(6-4-13)12-21-17-8-7-15(18)11-16(17)19/h3-8,11,20H,2,9-10,12H2,1H3. The zero-order chi connectivity index (χ0) is 15.1. The van der Waals surface area contributed by atoms with Gasteiger partial charge in [0.25, 0.3) is 0 Å². The minimum absolute atomic E-state index is 0.495. The molecular weight excluding hydrogens is 305 g/mol. The fourth-order valence-electron chi connectivity index (χ4n) is 1.97. The number of likely N-dealkylation sites (N-methyl/N-ethyl adjacent to an activating group) is 1. The normalized spacial score (nSPS) is 10.6. The molecule has 2 aromatic rings. The van der Waals surface area contributed by atoms with Gasteiger partial charge in [0.15, 0.2) is 0 Å². The van der Waals surface area contributed by atoms with Crippen LogP contribution in [0.15, 0.2) is 42.5 Å². The van der Waals surface area contributed by atoms with Gasteiger partial charge in [-0.1, -0.05) is 54.4 Å². The Hall–Kier alpha value is -1.22. The zero-order valence-electron chi connectivity index (χ0n) is 12.0. The van der Waals surface area contributed by atoms with Crippen LogP contribution in [-0.2, 0) is 13.0 Å². The number of halogens is 2. The number of nitrogens with one attached hydrogen (secondary N) is 1. The van der Waals surface area contributed by atoms with E-state index in [1.54, 1.807) is 18.2 Å². The minimum Gasteiger partial charge on any atom is -0.487 e. The van der Waals surface area contributed by atoms with Crippen LogP contribution in [0.25, 0.3) is 0 Å². The van der Waals surface area contributed by atoms with Crippen molar-refractivity contribution in [2.75, 3.05) is 13.1 Å². The number of ether oxygens (including phenoxy) is 1. The van der Waals surface area contributed by atoms with Gasteiger partial charge < -0.3 is 10.1 Å². The summed E-state index contributed by atoms with van der Waals surface area (Å²) in [5, 5.41) is 4.46. The topological polar surface area (TPSA) is 21.3 Å². The van der Waals surface area contributed by atoms with Crippen LogP contribution in [0.3, 0.4) is 0 Å². The third-order valence-electron chi connectivity index (χ3n) is 3.15. The van der Waals surface area contributed by atoms with Crippen molar-refractivity contribution < 1.29 is 4.74 Å². The van der Waals surface area contributed by atoms with Crippen LogP contribution in [0, 0.1) is 0 Å². The van der Waals surface area contributed by atoms with Gasteiger partial charge in [-0.05, 0) is 48.8 Å². The number of benzene rings is 2. The van der Waals surface area contributed by atoms with Crippen molar-refractivity contribution in [2.24, 2.45) is 0 Å². The first-order chi connectivity index (χ1) is 10.2. The molecule has 0 aromatic heterocycles. The van der Waals surface area contributed by atoms with Crippen molar-refractivity contribution in [1.29, 1.82) is 0 Å². The molecule has 0 unspecified atom stereocenters.